The zero-order valence-electron chi connectivity index (χ0n) is 20.8. The van der Waals surface area contributed by atoms with Crippen molar-refractivity contribution in [3.63, 3.8) is 0 Å². The molecule has 0 saturated heterocycles. The highest BCUT2D eigenvalue weighted by atomic mass is 35.5. The van der Waals surface area contributed by atoms with Gasteiger partial charge in [0.25, 0.3) is 0 Å². The van der Waals surface area contributed by atoms with Crippen LogP contribution >= 0.6 is 22.8 Å². The number of halogens is 1. The van der Waals surface area contributed by atoms with Gasteiger partial charge in [0.05, 0.1) is 0 Å². The van der Waals surface area contributed by atoms with E-state index in [1.807, 2.05) is 28.9 Å². The minimum absolute atomic E-state index is 0.360. The first kappa shape index (κ1) is 26.0. The summed E-state index contributed by atoms with van der Waals surface area (Å²) in [7, 11) is 0.0966. The number of benzene rings is 2. The van der Waals surface area contributed by atoms with Crippen LogP contribution in [-0.2, 0) is 17.9 Å². The first-order valence-electron chi connectivity index (χ1n) is 11.6. The Hall–Kier alpha value is -1.60. The lowest BCUT2D eigenvalue weighted by molar-refractivity contribution is 0.121. The zero-order valence-corrected chi connectivity index (χ0v) is 23.4. The third kappa shape index (κ3) is 5.91. The average Bonchev–Trinajstić information content (AvgIpc) is 3.14. The van der Waals surface area contributed by atoms with Gasteiger partial charge >= 0.3 is 0 Å². The van der Waals surface area contributed by atoms with Crippen LogP contribution in [-0.4, -0.2) is 29.1 Å². The van der Waals surface area contributed by atoms with Gasteiger partial charge in [-0.25, -0.2) is 9.67 Å². The quantitative estimate of drug-likeness (QED) is 0.263. The highest BCUT2D eigenvalue weighted by molar-refractivity contribution is 8.29. The maximum absolute atomic E-state index is 6.15. The van der Waals surface area contributed by atoms with Crippen LogP contribution in [0.3, 0.4) is 0 Å². The van der Waals surface area contributed by atoms with E-state index in [9.17, 15) is 0 Å². The molecular formula is C26H36ClN3OSSi. The van der Waals surface area contributed by atoms with Crippen LogP contribution in [0.5, 0.6) is 0 Å². The van der Waals surface area contributed by atoms with E-state index in [0.29, 0.717) is 29.8 Å². The second-order valence-corrected chi connectivity index (χ2v) is 18.5. The van der Waals surface area contributed by atoms with Crippen molar-refractivity contribution in [2.75, 3.05) is 7.11 Å². The Balaban J connectivity index is 1.88. The zero-order chi connectivity index (χ0) is 24.2. The van der Waals surface area contributed by atoms with Gasteiger partial charge in [0.2, 0.25) is 0 Å². The highest BCUT2D eigenvalue weighted by Gasteiger charge is 2.44. The summed E-state index contributed by atoms with van der Waals surface area (Å²) in [4.78, 5) is 6.19. The largest absolute Gasteiger partial charge is 0.362 e. The molecule has 0 fully saturated rings. The maximum atomic E-state index is 6.15. The smallest absolute Gasteiger partial charge is 0.160 e. The van der Waals surface area contributed by atoms with Gasteiger partial charge in [0.1, 0.15) is 14.0 Å². The Morgan fingerprint density at radius 1 is 0.970 bits per heavy atom. The fourth-order valence-electron chi connectivity index (χ4n) is 4.95. The molecule has 1 heterocycles. The van der Waals surface area contributed by atoms with Gasteiger partial charge in [-0.2, -0.15) is 16.3 Å². The van der Waals surface area contributed by atoms with E-state index in [1.165, 1.54) is 4.90 Å². The Bertz CT molecular complexity index is 1030. The summed E-state index contributed by atoms with van der Waals surface area (Å²) < 4.78 is 7.21. The molecule has 0 atom stereocenters. The van der Waals surface area contributed by atoms with Crippen molar-refractivity contribution in [1.29, 1.82) is 0 Å². The minimum Gasteiger partial charge on any atom is -0.362 e. The molecule has 0 unspecified atom stereocenters. The molecule has 0 spiro atoms. The van der Waals surface area contributed by atoms with E-state index in [0.717, 1.165) is 27.8 Å². The van der Waals surface area contributed by atoms with Gasteiger partial charge < -0.3 is 4.74 Å². The van der Waals surface area contributed by atoms with Gasteiger partial charge in [-0.3, -0.25) is 0 Å². The summed E-state index contributed by atoms with van der Waals surface area (Å²) in [6, 6.07) is 16.7. The second-order valence-electron chi connectivity index (χ2n) is 9.52. The van der Waals surface area contributed by atoms with Gasteiger partial charge in [-0.1, -0.05) is 77.4 Å². The van der Waals surface area contributed by atoms with E-state index in [4.69, 9.17) is 26.4 Å². The first-order chi connectivity index (χ1) is 15.7. The first-order valence-corrected chi connectivity index (χ1v) is 15.8. The number of rotatable bonds is 10. The summed E-state index contributed by atoms with van der Waals surface area (Å²) in [6.07, 6.45) is 0.628. The monoisotopic (exact) mass is 501 g/mol. The van der Waals surface area contributed by atoms with E-state index in [2.05, 4.69) is 77.0 Å². The number of ether oxygens (including phenoxy) is 1. The fraction of sp³-hybridized carbons (Fsp3) is 0.462. The average molecular weight is 502 g/mol. The predicted octanol–water partition coefficient (Wildman–Crippen LogP) is 8.06. The third-order valence-electron chi connectivity index (χ3n) is 6.33. The van der Waals surface area contributed by atoms with Crippen molar-refractivity contribution in [3.8, 4) is 11.4 Å². The standard InChI is InChI=1S/C26H36ClN3OSSi/c1-18(2)33(19(3)4,20(5)6)32-24-13-11-22(12-14-24)26-28-25(29-30(26)17-31-7)16-21-9-8-10-23(27)15-21/h8-15,18-20H,16-17H2,1-7H3. The SMILES string of the molecule is COCn1nc(Cc2cccc(Cl)c2)nc1-c1ccc(S[Si](C(C)C)(C(C)C)C(C)C)cc1. The van der Waals surface area contributed by atoms with Crippen LogP contribution in [0, 0.1) is 0 Å². The van der Waals surface area contributed by atoms with Crippen LogP contribution < -0.4 is 0 Å². The predicted molar refractivity (Wildman–Crippen MR) is 144 cm³/mol. The molecule has 0 radical (unpaired) electrons. The third-order valence-corrected chi connectivity index (χ3v) is 18.9. The van der Waals surface area contributed by atoms with E-state index >= 15 is 0 Å². The molecule has 178 valence electrons. The highest BCUT2D eigenvalue weighted by Crippen LogP contribution is 2.52. The molecule has 0 aliphatic carbocycles. The topological polar surface area (TPSA) is 39.9 Å². The van der Waals surface area contributed by atoms with Crippen LogP contribution in [0.1, 0.15) is 52.9 Å². The number of hydrogen-bond acceptors (Lipinski definition) is 4. The summed E-state index contributed by atoms with van der Waals surface area (Å²) in [5, 5.41) is 5.41. The Morgan fingerprint density at radius 3 is 2.15 bits per heavy atom. The van der Waals surface area contributed by atoms with Crippen LogP contribution in [0.4, 0.5) is 0 Å². The number of aromatic nitrogens is 3. The molecular weight excluding hydrogens is 466 g/mol. The molecule has 0 aliphatic rings. The molecule has 0 N–H and O–H groups in total. The lowest BCUT2D eigenvalue weighted by Crippen LogP contribution is -2.40. The number of methoxy groups -OCH3 is 1. The van der Waals surface area contributed by atoms with Gasteiger partial charge in [0, 0.05) is 29.0 Å². The molecule has 3 rings (SSSR count). The lowest BCUT2D eigenvalue weighted by Gasteiger charge is -2.42. The van der Waals surface area contributed by atoms with E-state index in [-0.39, 0.29) is 0 Å². The summed E-state index contributed by atoms with van der Waals surface area (Å²) in [5.41, 5.74) is 4.27. The molecule has 0 bridgehead atoms. The van der Waals surface area contributed by atoms with Crippen LogP contribution in [0.25, 0.3) is 11.4 Å². The van der Waals surface area contributed by atoms with Gasteiger partial charge in [-0.15, -0.1) is 0 Å². The van der Waals surface area contributed by atoms with Gasteiger partial charge in [0.15, 0.2) is 11.6 Å². The van der Waals surface area contributed by atoms with E-state index in [1.54, 1.807) is 7.11 Å². The van der Waals surface area contributed by atoms with Crippen molar-refractivity contribution >= 4 is 30.0 Å². The molecule has 1 aromatic heterocycles. The number of hydrogen-bond donors (Lipinski definition) is 0. The summed E-state index contributed by atoms with van der Waals surface area (Å²) in [6.45, 7) is 14.8. The molecule has 0 amide bonds. The maximum Gasteiger partial charge on any atom is 0.160 e. The normalized spacial score (nSPS) is 12.3. The fourth-order valence-corrected chi connectivity index (χ4v) is 14.3. The number of nitrogens with zero attached hydrogens (tertiary/aromatic N) is 3. The molecule has 33 heavy (non-hydrogen) atoms. The lowest BCUT2D eigenvalue weighted by atomic mass is 10.1. The molecule has 4 nitrogen and oxygen atoms in total. The van der Waals surface area contributed by atoms with Crippen molar-refractivity contribution < 1.29 is 4.74 Å². The van der Waals surface area contributed by atoms with Crippen molar-refractivity contribution in [3.05, 3.63) is 64.9 Å². The molecule has 0 saturated carbocycles. The summed E-state index contributed by atoms with van der Waals surface area (Å²) in [5.74, 6) is 1.58. The van der Waals surface area contributed by atoms with Crippen LogP contribution in [0.15, 0.2) is 53.4 Å². The molecule has 3 aromatic rings. The van der Waals surface area contributed by atoms with E-state index < -0.39 is 7.22 Å². The molecule has 7 heteroatoms. The summed E-state index contributed by atoms with van der Waals surface area (Å²) >= 11 is 8.29. The minimum atomic E-state index is -1.58. The van der Waals surface area contributed by atoms with Crippen LogP contribution in [0.2, 0.25) is 21.6 Å². The second kappa shape index (κ2) is 11.2. The van der Waals surface area contributed by atoms with Gasteiger partial charge in [-0.05, 0) is 46.5 Å². The Morgan fingerprint density at radius 2 is 1.61 bits per heavy atom. The van der Waals surface area contributed by atoms with Crippen molar-refractivity contribution in [1.82, 2.24) is 14.8 Å². The van der Waals surface area contributed by atoms with Crippen molar-refractivity contribution in [2.24, 2.45) is 0 Å². The Labute approximate surface area is 208 Å². The van der Waals surface area contributed by atoms with Crippen molar-refractivity contribution in [2.45, 2.75) is 76.2 Å². The molecule has 0 aliphatic heterocycles. The molecule has 2 aromatic carbocycles. The Kier molecular flexibility index (Phi) is 8.84.